The first kappa shape index (κ1) is 11.6. The van der Waals surface area contributed by atoms with Crippen molar-refractivity contribution in [2.24, 2.45) is 12.8 Å². The molecule has 2 N–H and O–H groups in total. The van der Waals surface area contributed by atoms with Crippen LogP contribution in [0.2, 0.25) is 0 Å². The number of nitrogens with two attached hydrogens (primary N) is 1. The van der Waals surface area contributed by atoms with Crippen LogP contribution in [0, 0.1) is 6.92 Å². The largest absolute Gasteiger partial charge is 0.330 e. The van der Waals surface area contributed by atoms with Gasteiger partial charge in [0, 0.05) is 25.1 Å². The highest BCUT2D eigenvalue weighted by molar-refractivity contribution is 5.28. The third-order valence-electron chi connectivity index (χ3n) is 3.81. The van der Waals surface area contributed by atoms with Gasteiger partial charge < -0.3 is 5.73 Å². The van der Waals surface area contributed by atoms with E-state index in [-0.39, 0.29) is 0 Å². The molecule has 0 aromatic carbocycles. The SMILES string of the molecule is Cc1c(CCN)nn(C)c1C1CCCCC1. The lowest BCUT2D eigenvalue weighted by Gasteiger charge is -2.22. The summed E-state index contributed by atoms with van der Waals surface area (Å²) in [6.07, 6.45) is 7.74. The molecule has 0 unspecified atom stereocenters. The smallest absolute Gasteiger partial charge is 0.0669 e. The van der Waals surface area contributed by atoms with Crippen LogP contribution in [-0.4, -0.2) is 16.3 Å². The first-order valence-electron chi connectivity index (χ1n) is 6.46. The van der Waals surface area contributed by atoms with Gasteiger partial charge in [-0.25, -0.2) is 0 Å². The number of aromatic nitrogens is 2. The van der Waals surface area contributed by atoms with E-state index in [4.69, 9.17) is 5.73 Å². The van der Waals surface area contributed by atoms with Gasteiger partial charge in [0.05, 0.1) is 5.69 Å². The molecule has 90 valence electrons. The van der Waals surface area contributed by atoms with Crippen LogP contribution in [0.4, 0.5) is 0 Å². The lowest BCUT2D eigenvalue weighted by molar-refractivity contribution is 0.423. The summed E-state index contributed by atoms with van der Waals surface area (Å²) in [5, 5.41) is 4.61. The topological polar surface area (TPSA) is 43.8 Å². The Hall–Kier alpha value is -0.830. The zero-order chi connectivity index (χ0) is 11.5. The predicted octanol–water partition coefficient (Wildman–Crippen LogP) is 2.28. The van der Waals surface area contributed by atoms with Crippen molar-refractivity contribution < 1.29 is 0 Å². The molecule has 0 saturated heterocycles. The third-order valence-corrected chi connectivity index (χ3v) is 3.81. The normalized spacial score (nSPS) is 17.9. The average Bonchev–Trinajstić information content (AvgIpc) is 2.56. The van der Waals surface area contributed by atoms with Gasteiger partial charge in [-0.15, -0.1) is 0 Å². The molecule has 0 aliphatic heterocycles. The molecule has 1 fully saturated rings. The van der Waals surface area contributed by atoms with Gasteiger partial charge in [0.2, 0.25) is 0 Å². The molecular weight excluding hydrogens is 198 g/mol. The van der Waals surface area contributed by atoms with Gasteiger partial charge in [0.1, 0.15) is 0 Å². The number of aryl methyl sites for hydroxylation is 1. The molecule has 1 aliphatic carbocycles. The van der Waals surface area contributed by atoms with Crippen LogP contribution in [0.15, 0.2) is 0 Å². The quantitative estimate of drug-likeness (QED) is 0.851. The Morgan fingerprint density at radius 1 is 1.31 bits per heavy atom. The summed E-state index contributed by atoms with van der Waals surface area (Å²) < 4.78 is 2.09. The maximum atomic E-state index is 5.62. The maximum absolute atomic E-state index is 5.62. The number of hydrogen-bond donors (Lipinski definition) is 1. The lowest BCUT2D eigenvalue weighted by atomic mass is 9.85. The maximum Gasteiger partial charge on any atom is 0.0669 e. The minimum atomic E-state index is 0.696. The fraction of sp³-hybridized carbons (Fsp3) is 0.769. The van der Waals surface area contributed by atoms with Crippen molar-refractivity contribution in [3.63, 3.8) is 0 Å². The second kappa shape index (κ2) is 5.00. The summed E-state index contributed by atoms with van der Waals surface area (Å²) in [6.45, 7) is 2.91. The molecule has 0 bridgehead atoms. The fourth-order valence-electron chi connectivity index (χ4n) is 3.02. The Labute approximate surface area is 98.0 Å². The summed E-state index contributed by atoms with van der Waals surface area (Å²) in [5.74, 6) is 0.734. The van der Waals surface area contributed by atoms with E-state index < -0.39 is 0 Å². The highest BCUT2D eigenvalue weighted by Gasteiger charge is 2.22. The van der Waals surface area contributed by atoms with E-state index >= 15 is 0 Å². The minimum absolute atomic E-state index is 0.696. The van der Waals surface area contributed by atoms with Crippen LogP contribution in [-0.2, 0) is 13.5 Å². The van der Waals surface area contributed by atoms with Gasteiger partial charge in [0.25, 0.3) is 0 Å². The van der Waals surface area contributed by atoms with Crippen LogP contribution in [0.3, 0.4) is 0 Å². The molecule has 0 spiro atoms. The molecule has 3 heteroatoms. The third kappa shape index (κ3) is 2.14. The van der Waals surface area contributed by atoms with Crippen molar-refractivity contribution in [1.29, 1.82) is 0 Å². The Bertz CT molecular complexity index is 348. The number of hydrogen-bond acceptors (Lipinski definition) is 2. The van der Waals surface area contributed by atoms with Crippen LogP contribution in [0.5, 0.6) is 0 Å². The van der Waals surface area contributed by atoms with E-state index in [0.29, 0.717) is 6.54 Å². The molecule has 1 aromatic rings. The second-order valence-corrected chi connectivity index (χ2v) is 4.95. The second-order valence-electron chi connectivity index (χ2n) is 4.95. The molecule has 1 aromatic heterocycles. The Kier molecular flexibility index (Phi) is 3.64. The van der Waals surface area contributed by atoms with E-state index in [0.717, 1.165) is 12.3 Å². The highest BCUT2D eigenvalue weighted by atomic mass is 15.3. The summed E-state index contributed by atoms with van der Waals surface area (Å²) in [5.41, 5.74) is 9.67. The van der Waals surface area contributed by atoms with Gasteiger partial charge in [0.15, 0.2) is 0 Å². The standard InChI is InChI=1S/C13H23N3/c1-10-12(8-9-14)15-16(2)13(10)11-6-4-3-5-7-11/h11H,3-9,14H2,1-2H3. The van der Waals surface area contributed by atoms with Crippen molar-refractivity contribution in [2.45, 2.75) is 51.4 Å². The minimum Gasteiger partial charge on any atom is -0.330 e. The Morgan fingerprint density at radius 2 is 2.00 bits per heavy atom. The van der Waals surface area contributed by atoms with Crippen LogP contribution in [0.1, 0.15) is 55.0 Å². The fourth-order valence-corrected chi connectivity index (χ4v) is 3.02. The first-order chi connectivity index (χ1) is 7.74. The highest BCUT2D eigenvalue weighted by Crippen LogP contribution is 2.34. The van der Waals surface area contributed by atoms with E-state index in [9.17, 15) is 0 Å². The molecular formula is C13H23N3. The van der Waals surface area contributed by atoms with Crippen molar-refractivity contribution in [3.8, 4) is 0 Å². The molecule has 1 saturated carbocycles. The van der Waals surface area contributed by atoms with E-state index in [1.807, 2.05) is 0 Å². The van der Waals surface area contributed by atoms with Crippen LogP contribution >= 0.6 is 0 Å². The lowest BCUT2D eigenvalue weighted by Crippen LogP contribution is -2.10. The molecule has 0 atom stereocenters. The van der Waals surface area contributed by atoms with Gasteiger partial charge in [-0.2, -0.15) is 5.10 Å². The predicted molar refractivity (Wildman–Crippen MR) is 66.5 cm³/mol. The summed E-state index contributed by atoms with van der Waals surface area (Å²) in [6, 6.07) is 0. The Balaban J connectivity index is 2.24. The van der Waals surface area contributed by atoms with E-state index in [2.05, 4.69) is 23.8 Å². The van der Waals surface area contributed by atoms with Crippen molar-refractivity contribution in [1.82, 2.24) is 9.78 Å². The Morgan fingerprint density at radius 3 is 2.62 bits per heavy atom. The van der Waals surface area contributed by atoms with Crippen LogP contribution in [0.25, 0.3) is 0 Å². The zero-order valence-electron chi connectivity index (χ0n) is 10.5. The van der Waals surface area contributed by atoms with Gasteiger partial charge in [-0.05, 0) is 31.9 Å². The van der Waals surface area contributed by atoms with Crippen molar-refractivity contribution >= 4 is 0 Å². The summed E-state index contributed by atoms with van der Waals surface area (Å²) in [7, 11) is 2.08. The van der Waals surface area contributed by atoms with E-state index in [1.54, 1.807) is 0 Å². The summed E-state index contributed by atoms with van der Waals surface area (Å²) >= 11 is 0. The molecule has 1 heterocycles. The monoisotopic (exact) mass is 221 g/mol. The van der Waals surface area contributed by atoms with Crippen LogP contribution < -0.4 is 5.73 Å². The van der Waals surface area contributed by atoms with Gasteiger partial charge >= 0.3 is 0 Å². The van der Waals surface area contributed by atoms with Gasteiger partial charge in [-0.3, -0.25) is 4.68 Å². The first-order valence-corrected chi connectivity index (χ1v) is 6.46. The van der Waals surface area contributed by atoms with E-state index in [1.165, 1.54) is 49.1 Å². The molecule has 16 heavy (non-hydrogen) atoms. The van der Waals surface area contributed by atoms with Gasteiger partial charge in [-0.1, -0.05) is 19.3 Å². The molecule has 1 aliphatic rings. The molecule has 3 nitrogen and oxygen atoms in total. The molecule has 0 amide bonds. The number of nitrogens with zero attached hydrogens (tertiary/aromatic N) is 2. The number of rotatable bonds is 3. The average molecular weight is 221 g/mol. The zero-order valence-corrected chi connectivity index (χ0v) is 10.5. The summed E-state index contributed by atoms with van der Waals surface area (Å²) in [4.78, 5) is 0. The molecule has 2 rings (SSSR count). The van der Waals surface area contributed by atoms with Crippen molar-refractivity contribution in [3.05, 3.63) is 17.0 Å². The molecule has 0 radical (unpaired) electrons. The van der Waals surface area contributed by atoms with Crippen molar-refractivity contribution in [2.75, 3.05) is 6.54 Å².